The Bertz CT molecular complexity index is 342. The standard InChI is InChI=1S/C14H20ClNO.ClH/c1-16-10-3-2-4-13(16)9-11-17-14-7-5-12(15)6-8-14;/h5-8,13H,2-4,9-11H2,1H3;1H. The van der Waals surface area contributed by atoms with Crippen LogP contribution in [0.25, 0.3) is 0 Å². The molecule has 1 fully saturated rings. The topological polar surface area (TPSA) is 12.5 Å². The molecule has 1 saturated heterocycles. The Hall–Kier alpha value is -0.440. The molecule has 1 unspecified atom stereocenters. The lowest BCUT2D eigenvalue weighted by atomic mass is 10.0. The number of benzene rings is 1. The fourth-order valence-corrected chi connectivity index (χ4v) is 2.48. The lowest BCUT2D eigenvalue weighted by Crippen LogP contribution is -2.37. The quantitative estimate of drug-likeness (QED) is 0.830. The van der Waals surface area contributed by atoms with Crippen molar-refractivity contribution in [1.29, 1.82) is 0 Å². The molecule has 1 aliphatic rings. The summed E-state index contributed by atoms with van der Waals surface area (Å²) in [6.07, 6.45) is 5.11. The van der Waals surface area contributed by atoms with E-state index in [9.17, 15) is 0 Å². The summed E-state index contributed by atoms with van der Waals surface area (Å²) >= 11 is 5.82. The molecule has 0 bridgehead atoms. The van der Waals surface area contributed by atoms with Crippen molar-refractivity contribution in [3.63, 3.8) is 0 Å². The van der Waals surface area contributed by atoms with Crippen LogP contribution in [-0.4, -0.2) is 31.1 Å². The number of nitrogens with zero attached hydrogens (tertiary/aromatic N) is 1. The number of likely N-dealkylation sites (tertiary alicyclic amines) is 1. The normalized spacial score (nSPS) is 20.2. The number of ether oxygens (including phenoxy) is 1. The van der Waals surface area contributed by atoms with Crippen LogP contribution in [0.15, 0.2) is 24.3 Å². The minimum Gasteiger partial charge on any atom is -0.494 e. The largest absolute Gasteiger partial charge is 0.494 e. The van der Waals surface area contributed by atoms with Crippen LogP contribution >= 0.6 is 24.0 Å². The molecule has 0 radical (unpaired) electrons. The van der Waals surface area contributed by atoms with Gasteiger partial charge in [-0.3, -0.25) is 0 Å². The first kappa shape index (κ1) is 15.6. The van der Waals surface area contributed by atoms with E-state index in [4.69, 9.17) is 16.3 Å². The average molecular weight is 290 g/mol. The van der Waals surface area contributed by atoms with Gasteiger partial charge in [-0.1, -0.05) is 18.0 Å². The first-order chi connectivity index (χ1) is 8.25. The molecule has 0 amide bonds. The monoisotopic (exact) mass is 289 g/mol. The molecule has 1 heterocycles. The molecule has 1 aliphatic heterocycles. The zero-order valence-corrected chi connectivity index (χ0v) is 12.3. The Morgan fingerprint density at radius 1 is 1.28 bits per heavy atom. The van der Waals surface area contributed by atoms with E-state index < -0.39 is 0 Å². The van der Waals surface area contributed by atoms with E-state index in [0.29, 0.717) is 6.04 Å². The number of hydrogen-bond acceptors (Lipinski definition) is 2. The van der Waals surface area contributed by atoms with E-state index in [2.05, 4.69) is 11.9 Å². The second-order valence-corrected chi connectivity index (χ2v) is 5.16. The van der Waals surface area contributed by atoms with Gasteiger partial charge < -0.3 is 9.64 Å². The summed E-state index contributed by atoms with van der Waals surface area (Å²) in [6, 6.07) is 8.27. The molecular formula is C14H21Cl2NO. The minimum absolute atomic E-state index is 0. The molecule has 0 N–H and O–H groups in total. The molecule has 4 heteroatoms. The molecule has 1 aromatic carbocycles. The highest BCUT2D eigenvalue weighted by atomic mass is 35.5. The molecule has 0 spiro atoms. The Morgan fingerprint density at radius 2 is 2.00 bits per heavy atom. The molecule has 18 heavy (non-hydrogen) atoms. The number of piperidine rings is 1. The van der Waals surface area contributed by atoms with Gasteiger partial charge in [-0.25, -0.2) is 0 Å². The Labute approximate surface area is 121 Å². The summed E-state index contributed by atoms with van der Waals surface area (Å²) in [6.45, 7) is 2.02. The predicted octanol–water partition coefficient (Wildman–Crippen LogP) is 4.02. The zero-order valence-electron chi connectivity index (χ0n) is 10.8. The first-order valence-electron chi connectivity index (χ1n) is 6.34. The van der Waals surface area contributed by atoms with Crippen LogP contribution in [0.1, 0.15) is 25.7 Å². The molecule has 0 aromatic heterocycles. The number of halogens is 2. The second kappa shape index (κ2) is 7.88. The van der Waals surface area contributed by atoms with Gasteiger partial charge in [-0.05, 0) is 57.1 Å². The van der Waals surface area contributed by atoms with E-state index in [1.807, 2.05) is 24.3 Å². The summed E-state index contributed by atoms with van der Waals surface area (Å²) in [5, 5.41) is 0.754. The maximum atomic E-state index is 5.82. The molecule has 2 nitrogen and oxygen atoms in total. The van der Waals surface area contributed by atoms with Crippen LogP contribution in [0.5, 0.6) is 5.75 Å². The van der Waals surface area contributed by atoms with Crippen LogP contribution in [-0.2, 0) is 0 Å². The Kier molecular flexibility index (Phi) is 6.83. The van der Waals surface area contributed by atoms with Gasteiger partial charge in [0.2, 0.25) is 0 Å². The van der Waals surface area contributed by atoms with Gasteiger partial charge in [-0.15, -0.1) is 12.4 Å². The third kappa shape index (κ3) is 4.68. The molecule has 0 aliphatic carbocycles. The number of rotatable bonds is 4. The highest BCUT2D eigenvalue weighted by Crippen LogP contribution is 2.19. The molecular weight excluding hydrogens is 269 g/mol. The summed E-state index contributed by atoms with van der Waals surface area (Å²) in [5.74, 6) is 0.910. The van der Waals surface area contributed by atoms with Crippen molar-refractivity contribution in [3.05, 3.63) is 29.3 Å². The van der Waals surface area contributed by atoms with Crippen LogP contribution in [0.4, 0.5) is 0 Å². The van der Waals surface area contributed by atoms with Gasteiger partial charge in [0, 0.05) is 11.1 Å². The van der Waals surface area contributed by atoms with E-state index in [-0.39, 0.29) is 12.4 Å². The fourth-order valence-electron chi connectivity index (χ4n) is 2.35. The van der Waals surface area contributed by atoms with Crippen molar-refractivity contribution in [2.75, 3.05) is 20.2 Å². The highest BCUT2D eigenvalue weighted by Gasteiger charge is 2.18. The predicted molar refractivity (Wildman–Crippen MR) is 79.1 cm³/mol. The summed E-state index contributed by atoms with van der Waals surface area (Å²) in [7, 11) is 2.21. The van der Waals surface area contributed by atoms with Gasteiger partial charge in [0.25, 0.3) is 0 Å². The Morgan fingerprint density at radius 3 is 2.67 bits per heavy atom. The van der Waals surface area contributed by atoms with Gasteiger partial charge >= 0.3 is 0 Å². The lowest BCUT2D eigenvalue weighted by molar-refractivity contribution is 0.153. The van der Waals surface area contributed by atoms with E-state index in [1.54, 1.807) is 0 Å². The van der Waals surface area contributed by atoms with Gasteiger partial charge in [0.1, 0.15) is 5.75 Å². The van der Waals surface area contributed by atoms with Crippen molar-refractivity contribution in [3.8, 4) is 5.75 Å². The van der Waals surface area contributed by atoms with Gasteiger partial charge in [-0.2, -0.15) is 0 Å². The average Bonchev–Trinajstić information content (AvgIpc) is 2.34. The highest BCUT2D eigenvalue weighted by molar-refractivity contribution is 6.30. The van der Waals surface area contributed by atoms with Crippen LogP contribution in [0.2, 0.25) is 5.02 Å². The number of hydrogen-bond donors (Lipinski definition) is 0. The third-order valence-corrected chi connectivity index (χ3v) is 3.71. The smallest absolute Gasteiger partial charge is 0.119 e. The minimum atomic E-state index is 0. The lowest BCUT2D eigenvalue weighted by Gasteiger charge is -2.32. The van der Waals surface area contributed by atoms with Crippen LogP contribution < -0.4 is 4.74 Å². The summed E-state index contributed by atoms with van der Waals surface area (Å²) in [4.78, 5) is 2.45. The second-order valence-electron chi connectivity index (χ2n) is 4.72. The third-order valence-electron chi connectivity index (χ3n) is 3.45. The van der Waals surface area contributed by atoms with Crippen molar-refractivity contribution in [1.82, 2.24) is 4.90 Å². The molecule has 1 atom stereocenters. The van der Waals surface area contributed by atoms with E-state index in [1.165, 1.54) is 25.8 Å². The van der Waals surface area contributed by atoms with Crippen molar-refractivity contribution in [2.45, 2.75) is 31.7 Å². The van der Waals surface area contributed by atoms with E-state index >= 15 is 0 Å². The molecule has 2 rings (SSSR count). The summed E-state index contributed by atoms with van der Waals surface area (Å²) in [5.41, 5.74) is 0. The maximum absolute atomic E-state index is 5.82. The van der Waals surface area contributed by atoms with Crippen LogP contribution in [0.3, 0.4) is 0 Å². The van der Waals surface area contributed by atoms with Gasteiger partial charge in [0.05, 0.1) is 6.61 Å². The molecule has 1 aromatic rings. The molecule has 0 saturated carbocycles. The van der Waals surface area contributed by atoms with Gasteiger partial charge in [0.15, 0.2) is 0 Å². The Balaban J connectivity index is 0.00000162. The molecule has 102 valence electrons. The van der Waals surface area contributed by atoms with E-state index in [0.717, 1.165) is 23.8 Å². The first-order valence-corrected chi connectivity index (χ1v) is 6.72. The van der Waals surface area contributed by atoms with Crippen LogP contribution in [0, 0.1) is 0 Å². The fraction of sp³-hybridized carbons (Fsp3) is 0.571. The maximum Gasteiger partial charge on any atom is 0.119 e. The van der Waals surface area contributed by atoms with Crippen molar-refractivity contribution < 1.29 is 4.74 Å². The zero-order chi connectivity index (χ0) is 12.1. The summed E-state index contributed by atoms with van der Waals surface area (Å²) < 4.78 is 5.73. The van der Waals surface area contributed by atoms with Crippen molar-refractivity contribution >= 4 is 24.0 Å². The van der Waals surface area contributed by atoms with Crippen molar-refractivity contribution in [2.24, 2.45) is 0 Å². The SMILES string of the molecule is CN1CCCCC1CCOc1ccc(Cl)cc1.Cl.